The van der Waals surface area contributed by atoms with E-state index in [0.717, 1.165) is 5.75 Å². The number of rotatable bonds is 7. The molecule has 1 aromatic heterocycles. The van der Waals surface area contributed by atoms with Crippen molar-refractivity contribution in [2.24, 2.45) is 0 Å². The first-order valence-corrected chi connectivity index (χ1v) is 11.8. The fraction of sp³-hybridized carbons (Fsp3) is 0.103. The summed E-state index contributed by atoms with van der Waals surface area (Å²) in [5, 5.41) is 1.60. The summed E-state index contributed by atoms with van der Waals surface area (Å²) in [5.74, 6) is 1.22. The quantitative estimate of drug-likeness (QED) is 0.283. The number of para-hydroxylation sites is 1. The normalized spacial score (nSPS) is 13.2. The molecule has 5 aromatic rings. The second kappa shape index (κ2) is 9.28. The van der Waals surface area contributed by atoms with Crippen molar-refractivity contribution < 1.29 is 0 Å². The number of thioether (sulfide) groups is 1. The number of benzene rings is 4. The Morgan fingerprint density at radius 3 is 1.90 bits per heavy atom. The standard InChI is InChI=1S/C29H25NS/c1-4-12-22(13-5-1)21-31-29(24-16-8-3-9-17-24)28(23-14-6-2-7-15-23)26-20-30-27-19-11-10-18-25(26)27/h1-20,28-30H,21H2/t28-,29+/m1/s1. The maximum atomic E-state index is 3.51. The lowest BCUT2D eigenvalue weighted by Gasteiger charge is -2.28. The fourth-order valence-corrected chi connectivity index (χ4v) is 5.73. The smallest absolute Gasteiger partial charge is 0.0457 e. The molecule has 0 fully saturated rings. The van der Waals surface area contributed by atoms with E-state index in [-0.39, 0.29) is 5.92 Å². The highest BCUT2D eigenvalue weighted by Gasteiger charge is 2.29. The van der Waals surface area contributed by atoms with E-state index in [1.54, 1.807) is 0 Å². The van der Waals surface area contributed by atoms with Crippen molar-refractivity contribution in [1.82, 2.24) is 4.98 Å². The Hall–Kier alpha value is -3.23. The number of hydrogen-bond acceptors (Lipinski definition) is 1. The van der Waals surface area contributed by atoms with E-state index in [1.807, 2.05) is 11.8 Å². The van der Waals surface area contributed by atoms with E-state index in [9.17, 15) is 0 Å². The molecule has 2 heteroatoms. The van der Waals surface area contributed by atoms with Crippen LogP contribution in [0.2, 0.25) is 0 Å². The average molecular weight is 420 g/mol. The van der Waals surface area contributed by atoms with Crippen LogP contribution in [-0.2, 0) is 5.75 Å². The Labute approximate surface area is 188 Å². The summed E-state index contributed by atoms with van der Waals surface area (Å²) in [6.45, 7) is 0. The molecule has 0 amide bonds. The largest absolute Gasteiger partial charge is 0.361 e. The molecular weight excluding hydrogens is 394 g/mol. The van der Waals surface area contributed by atoms with Gasteiger partial charge in [-0.2, -0.15) is 0 Å². The Kier molecular flexibility index (Phi) is 5.90. The molecule has 1 nitrogen and oxygen atoms in total. The van der Waals surface area contributed by atoms with Crippen LogP contribution in [0.3, 0.4) is 0 Å². The third kappa shape index (κ3) is 4.30. The molecule has 152 valence electrons. The summed E-state index contributed by atoms with van der Waals surface area (Å²) in [6.07, 6.45) is 2.21. The highest BCUT2D eigenvalue weighted by atomic mass is 32.2. The molecule has 1 N–H and O–H groups in total. The summed E-state index contributed by atoms with van der Waals surface area (Å²) >= 11 is 2.02. The van der Waals surface area contributed by atoms with Crippen molar-refractivity contribution in [3.63, 3.8) is 0 Å². The van der Waals surface area contributed by atoms with Gasteiger partial charge in [-0.1, -0.05) is 109 Å². The second-order valence-electron chi connectivity index (χ2n) is 7.81. The molecule has 0 aliphatic rings. The van der Waals surface area contributed by atoms with Crippen LogP contribution in [0.15, 0.2) is 121 Å². The van der Waals surface area contributed by atoms with E-state index in [2.05, 4.69) is 126 Å². The molecule has 5 rings (SSSR count). The Balaban J connectivity index is 1.63. The summed E-state index contributed by atoms with van der Waals surface area (Å²) in [7, 11) is 0. The highest BCUT2D eigenvalue weighted by Crippen LogP contribution is 2.48. The van der Waals surface area contributed by atoms with Crippen LogP contribution in [-0.4, -0.2) is 4.98 Å². The Bertz CT molecular complexity index is 1230. The van der Waals surface area contributed by atoms with Gasteiger partial charge in [0.2, 0.25) is 0 Å². The first-order valence-electron chi connectivity index (χ1n) is 10.7. The number of nitrogens with one attached hydrogen (secondary N) is 1. The molecule has 0 aliphatic carbocycles. The Morgan fingerprint density at radius 1 is 0.613 bits per heavy atom. The van der Waals surface area contributed by atoms with Gasteiger partial charge in [-0.15, -0.1) is 11.8 Å². The third-order valence-electron chi connectivity index (χ3n) is 5.82. The van der Waals surface area contributed by atoms with Gasteiger partial charge in [0.15, 0.2) is 0 Å². The SMILES string of the molecule is c1ccc(CS[C@@H](c2ccccc2)[C@H](c2ccccc2)c2c[nH]c3ccccc23)cc1. The first kappa shape index (κ1) is 19.7. The van der Waals surface area contributed by atoms with Gasteiger partial charge in [0.05, 0.1) is 0 Å². The molecule has 0 bridgehead atoms. The summed E-state index contributed by atoms with van der Waals surface area (Å²) in [5.41, 5.74) is 6.62. The van der Waals surface area contributed by atoms with Gasteiger partial charge in [0.25, 0.3) is 0 Å². The first-order chi connectivity index (χ1) is 15.4. The molecular formula is C29H25NS. The van der Waals surface area contributed by atoms with Crippen LogP contribution >= 0.6 is 11.8 Å². The van der Waals surface area contributed by atoms with E-state index in [4.69, 9.17) is 0 Å². The summed E-state index contributed by atoms with van der Waals surface area (Å²) in [4.78, 5) is 3.51. The van der Waals surface area contributed by atoms with E-state index < -0.39 is 0 Å². The van der Waals surface area contributed by atoms with Crippen molar-refractivity contribution >= 4 is 22.7 Å². The lowest BCUT2D eigenvalue weighted by molar-refractivity contribution is 0.791. The van der Waals surface area contributed by atoms with Gasteiger partial charge in [-0.25, -0.2) is 0 Å². The number of aromatic amines is 1. The van der Waals surface area contributed by atoms with E-state index >= 15 is 0 Å². The van der Waals surface area contributed by atoms with Crippen LogP contribution in [0.5, 0.6) is 0 Å². The predicted octanol–water partition coefficient (Wildman–Crippen LogP) is 7.97. The van der Waals surface area contributed by atoms with Crippen LogP contribution < -0.4 is 0 Å². The van der Waals surface area contributed by atoms with Crippen LogP contribution in [0.4, 0.5) is 0 Å². The van der Waals surface area contributed by atoms with Gasteiger partial charge in [0.1, 0.15) is 0 Å². The van der Waals surface area contributed by atoms with Gasteiger partial charge >= 0.3 is 0 Å². The third-order valence-corrected chi connectivity index (χ3v) is 7.22. The fourth-order valence-electron chi connectivity index (χ4n) is 4.32. The number of H-pyrrole nitrogens is 1. The zero-order chi connectivity index (χ0) is 20.9. The van der Waals surface area contributed by atoms with Crippen molar-refractivity contribution in [3.05, 3.63) is 144 Å². The van der Waals surface area contributed by atoms with Crippen molar-refractivity contribution in [2.45, 2.75) is 16.9 Å². The van der Waals surface area contributed by atoms with Crippen molar-refractivity contribution in [3.8, 4) is 0 Å². The number of aromatic nitrogens is 1. The van der Waals surface area contributed by atoms with Gasteiger partial charge in [0, 0.05) is 34.0 Å². The predicted molar refractivity (Wildman–Crippen MR) is 134 cm³/mol. The second-order valence-corrected chi connectivity index (χ2v) is 8.94. The lowest BCUT2D eigenvalue weighted by Crippen LogP contribution is -2.11. The van der Waals surface area contributed by atoms with Gasteiger partial charge in [-0.3, -0.25) is 0 Å². The van der Waals surface area contributed by atoms with Gasteiger partial charge < -0.3 is 4.98 Å². The molecule has 0 spiro atoms. The summed E-state index contributed by atoms with van der Waals surface area (Å²) in [6, 6.07) is 41.3. The maximum absolute atomic E-state index is 3.51. The molecule has 0 saturated carbocycles. The molecule has 1 heterocycles. The zero-order valence-electron chi connectivity index (χ0n) is 17.3. The topological polar surface area (TPSA) is 15.8 Å². The molecule has 0 radical (unpaired) electrons. The molecule has 4 aromatic carbocycles. The van der Waals surface area contributed by atoms with E-state index in [1.165, 1.54) is 33.2 Å². The molecule has 0 saturated heterocycles. The van der Waals surface area contributed by atoms with Crippen LogP contribution in [0.1, 0.15) is 33.4 Å². The minimum Gasteiger partial charge on any atom is -0.361 e. The lowest BCUT2D eigenvalue weighted by atomic mass is 9.85. The van der Waals surface area contributed by atoms with Crippen LogP contribution in [0.25, 0.3) is 10.9 Å². The average Bonchev–Trinajstić information content (AvgIpc) is 3.27. The van der Waals surface area contributed by atoms with Crippen molar-refractivity contribution in [1.29, 1.82) is 0 Å². The van der Waals surface area contributed by atoms with E-state index in [0.29, 0.717) is 5.25 Å². The number of fused-ring (bicyclic) bond motifs is 1. The molecule has 0 unspecified atom stereocenters. The minimum atomic E-state index is 0.244. The Morgan fingerprint density at radius 2 is 1.19 bits per heavy atom. The maximum Gasteiger partial charge on any atom is 0.0457 e. The highest BCUT2D eigenvalue weighted by molar-refractivity contribution is 7.98. The number of hydrogen-bond donors (Lipinski definition) is 1. The van der Waals surface area contributed by atoms with Gasteiger partial charge in [-0.05, 0) is 28.3 Å². The van der Waals surface area contributed by atoms with Crippen LogP contribution in [0, 0.1) is 0 Å². The molecule has 2 atom stereocenters. The van der Waals surface area contributed by atoms with Crippen molar-refractivity contribution in [2.75, 3.05) is 0 Å². The molecule has 31 heavy (non-hydrogen) atoms. The minimum absolute atomic E-state index is 0.244. The molecule has 0 aliphatic heterocycles. The zero-order valence-corrected chi connectivity index (χ0v) is 18.1. The monoisotopic (exact) mass is 419 g/mol. The summed E-state index contributed by atoms with van der Waals surface area (Å²) < 4.78 is 0.